The Balaban J connectivity index is 0.00000106. The van der Waals surface area contributed by atoms with Gasteiger partial charge in [-0.3, -0.25) is 4.79 Å². The Kier molecular flexibility index (Phi) is 12.7. The third-order valence-corrected chi connectivity index (χ3v) is 4.72. The number of aliphatic hydroxyl groups excluding tert-OH is 1. The van der Waals surface area contributed by atoms with Gasteiger partial charge in [0, 0.05) is 42.8 Å². The third-order valence-electron chi connectivity index (χ3n) is 4.06. The van der Waals surface area contributed by atoms with Crippen molar-refractivity contribution in [2.45, 2.75) is 32.8 Å². The number of hydrogen-bond donors (Lipinski definition) is 2. The zero-order chi connectivity index (χ0) is 26.8. The fraction of sp³-hybridized carbons (Fsp3) is 0.280. The highest BCUT2D eigenvalue weighted by Crippen LogP contribution is 2.38. The Hall–Kier alpha value is -2.76. The van der Waals surface area contributed by atoms with Crippen molar-refractivity contribution >= 4 is 40.3 Å². The maximum atomic E-state index is 14.2. The van der Waals surface area contributed by atoms with E-state index in [0.717, 1.165) is 13.2 Å². The summed E-state index contributed by atoms with van der Waals surface area (Å²) in [6, 6.07) is 6.48. The minimum atomic E-state index is -0.823. The van der Waals surface area contributed by atoms with Gasteiger partial charge in [0.25, 0.3) is 5.56 Å². The molecule has 0 bridgehead atoms. The van der Waals surface area contributed by atoms with Crippen LogP contribution in [0.25, 0.3) is 21.9 Å². The van der Waals surface area contributed by atoms with E-state index in [0.29, 0.717) is 17.5 Å². The predicted molar refractivity (Wildman–Crippen MR) is 134 cm³/mol. The van der Waals surface area contributed by atoms with Gasteiger partial charge in [-0.15, -0.1) is 12.8 Å². The van der Waals surface area contributed by atoms with E-state index in [1.165, 1.54) is 35.9 Å². The number of hydrogen-bond acceptors (Lipinski definition) is 4. The topological polar surface area (TPSA) is 79.5 Å². The van der Waals surface area contributed by atoms with Crippen LogP contribution in [0.4, 0.5) is 8.78 Å². The summed E-state index contributed by atoms with van der Waals surface area (Å²) in [6.07, 6.45) is 8.50. The second-order valence-corrected chi connectivity index (χ2v) is 8.43. The summed E-state index contributed by atoms with van der Waals surface area (Å²) in [4.78, 5) is 23.6. The van der Waals surface area contributed by atoms with E-state index in [9.17, 15) is 18.4 Å². The van der Waals surface area contributed by atoms with E-state index >= 15 is 0 Å². The number of aliphatic hydroxyl groups is 2. The molecule has 184 valence electrons. The molecule has 3 rings (SSSR count). The largest absolute Gasteiger partial charge is 0.400 e. The Bertz CT molecular complexity index is 1210. The van der Waals surface area contributed by atoms with Crippen LogP contribution in [0.1, 0.15) is 26.5 Å². The predicted octanol–water partition coefficient (Wildman–Crippen LogP) is 5.17. The van der Waals surface area contributed by atoms with Gasteiger partial charge < -0.3 is 19.6 Å². The first-order valence-electron chi connectivity index (χ1n) is 9.75. The zero-order valence-corrected chi connectivity index (χ0v) is 21.0. The second kappa shape index (κ2) is 13.8. The van der Waals surface area contributed by atoms with Gasteiger partial charge in [-0.25, -0.2) is 8.78 Å². The number of fused-ring (bicyclic) bond motifs is 1. The summed E-state index contributed by atoms with van der Waals surface area (Å²) in [5.41, 5.74) is -0.0289. The van der Waals surface area contributed by atoms with E-state index in [1.807, 2.05) is 0 Å². The Morgan fingerprint density at radius 1 is 1.06 bits per heavy atom. The fourth-order valence-electron chi connectivity index (χ4n) is 2.87. The number of carbonyl (C=O) groups is 1. The summed E-state index contributed by atoms with van der Waals surface area (Å²) in [5, 5.41) is 15.6. The average molecular weight is 514 g/mol. The molecule has 0 saturated carbocycles. The Morgan fingerprint density at radius 3 is 2.09 bits per heavy atom. The van der Waals surface area contributed by atoms with Crippen molar-refractivity contribution in [3.05, 3.63) is 68.1 Å². The molecule has 0 aliphatic rings. The average Bonchev–Trinajstić information content (AvgIpc) is 2.78. The maximum Gasteiger partial charge on any atom is 0.258 e. The first-order chi connectivity index (χ1) is 15.9. The molecule has 0 fully saturated rings. The number of carbonyl (C=O) groups excluding carboxylic acids is 1. The van der Waals surface area contributed by atoms with Crippen molar-refractivity contribution in [2.75, 3.05) is 7.11 Å². The van der Waals surface area contributed by atoms with Crippen molar-refractivity contribution in [1.82, 2.24) is 4.57 Å². The van der Waals surface area contributed by atoms with Crippen LogP contribution in [0.15, 0.2) is 35.1 Å². The number of benzene rings is 2. The van der Waals surface area contributed by atoms with Crippen LogP contribution in [0.2, 0.25) is 10.0 Å². The van der Waals surface area contributed by atoms with Crippen LogP contribution >= 0.6 is 23.2 Å². The molecule has 2 N–H and O–H groups in total. The standard InChI is InChI=1S/C18H11Cl2F2NO2.C4H10O.C2H2.CH4O/c1-23-14(6-7-24)15(11-4-5-13(19)17(22)16(11)20)12-8-9(21)2-3-10(12)18(23)25;1-4(2,3)5;2*1-2/h2-5,7-8H,6H2,1H3;5H,1-3H3;1-2H;2H,1H3. The first kappa shape index (κ1) is 31.2. The van der Waals surface area contributed by atoms with E-state index in [2.05, 4.69) is 12.8 Å². The number of pyridine rings is 1. The van der Waals surface area contributed by atoms with Gasteiger partial charge in [-0.2, -0.15) is 0 Å². The first-order valence-corrected chi connectivity index (χ1v) is 10.5. The van der Waals surface area contributed by atoms with Crippen LogP contribution in [-0.2, 0) is 18.3 Å². The van der Waals surface area contributed by atoms with Gasteiger partial charge >= 0.3 is 0 Å². The van der Waals surface area contributed by atoms with Crippen LogP contribution < -0.4 is 5.56 Å². The Morgan fingerprint density at radius 2 is 1.59 bits per heavy atom. The number of halogens is 4. The molecule has 5 nitrogen and oxygen atoms in total. The van der Waals surface area contributed by atoms with Crippen molar-refractivity contribution < 1.29 is 23.8 Å². The summed E-state index contributed by atoms with van der Waals surface area (Å²) < 4.78 is 29.3. The van der Waals surface area contributed by atoms with Crippen LogP contribution in [0.5, 0.6) is 0 Å². The van der Waals surface area contributed by atoms with E-state index in [1.54, 1.807) is 20.8 Å². The number of aromatic nitrogens is 1. The maximum absolute atomic E-state index is 14.2. The summed E-state index contributed by atoms with van der Waals surface area (Å²) in [5.74, 6) is -1.39. The van der Waals surface area contributed by atoms with E-state index in [4.69, 9.17) is 33.4 Å². The number of rotatable bonds is 3. The van der Waals surface area contributed by atoms with Crippen LogP contribution in [0.3, 0.4) is 0 Å². The molecular weight excluding hydrogens is 487 g/mol. The number of terminal acetylenes is 1. The lowest BCUT2D eigenvalue weighted by molar-refractivity contribution is -0.107. The minimum Gasteiger partial charge on any atom is -0.400 e. The molecule has 0 aliphatic carbocycles. The van der Waals surface area contributed by atoms with Crippen molar-refractivity contribution in [1.29, 1.82) is 0 Å². The monoisotopic (exact) mass is 513 g/mol. The van der Waals surface area contributed by atoms with Gasteiger partial charge in [0.15, 0.2) is 5.82 Å². The van der Waals surface area contributed by atoms with Crippen molar-refractivity contribution in [2.24, 2.45) is 7.05 Å². The summed E-state index contributed by atoms with van der Waals surface area (Å²) >= 11 is 11.9. The molecule has 1 heterocycles. The molecular formula is C25H27Cl2F2NO4. The van der Waals surface area contributed by atoms with E-state index in [-0.39, 0.29) is 38.4 Å². The fourth-order valence-corrected chi connectivity index (χ4v) is 3.34. The van der Waals surface area contributed by atoms with Crippen molar-refractivity contribution in [3.63, 3.8) is 0 Å². The minimum absolute atomic E-state index is 0.117. The molecule has 0 saturated heterocycles. The molecule has 0 unspecified atom stereocenters. The van der Waals surface area contributed by atoms with Gasteiger partial charge in [-0.05, 0) is 50.4 Å². The van der Waals surface area contributed by atoms with Crippen LogP contribution in [-0.4, -0.2) is 33.8 Å². The molecule has 0 radical (unpaired) electrons. The quantitative estimate of drug-likeness (QED) is 0.287. The van der Waals surface area contributed by atoms with Crippen molar-refractivity contribution in [3.8, 4) is 24.0 Å². The molecule has 0 atom stereocenters. The number of nitrogens with zero attached hydrogens (tertiary/aromatic N) is 1. The lowest BCUT2D eigenvalue weighted by atomic mass is 9.95. The second-order valence-electron chi connectivity index (χ2n) is 7.64. The molecule has 0 amide bonds. The molecule has 0 spiro atoms. The highest BCUT2D eigenvalue weighted by molar-refractivity contribution is 6.37. The van der Waals surface area contributed by atoms with Gasteiger partial charge in [0.05, 0.1) is 15.6 Å². The number of aldehydes is 1. The van der Waals surface area contributed by atoms with Gasteiger partial charge in [0.1, 0.15) is 12.1 Å². The van der Waals surface area contributed by atoms with Crippen LogP contribution in [0, 0.1) is 24.5 Å². The molecule has 1 aromatic heterocycles. The van der Waals surface area contributed by atoms with Gasteiger partial charge in [0.2, 0.25) is 0 Å². The van der Waals surface area contributed by atoms with E-state index < -0.39 is 17.2 Å². The third kappa shape index (κ3) is 7.93. The molecule has 3 aromatic rings. The summed E-state index contributed by atoms with van der Waals surface area (Å²) in [7, 11) is 2.49. The summed E-state index contributed by atoms with van der Waals surface area (Å²) in [6.45, 7) is 5.23. The molecule has 34 heavy (non-hydrogen) atoms. The lowest BCUT2D eigenvalue weighted by Gasteiger charge is -2.17. The van der Waals surface area contributed by atoms with Gasteiger partial charge in [-0.1, -0.05) is 29.3 Å². The highest BCUT2D eigenvalue weighted by atomic mass is 35.5. The zero-order valence-electron chi connectivity index (χ0n) is 19.5. The smallest absolute Gasteiger partial charge is 0.258 e. The molecule has 2 aromatic carbocycles. The normalized spacial score (nSPS) is 10.1. The SMILES string of the molecule is C#C.CC(C)(C)O.CO.Cn1c(CC=O)c(-c2ccc(Cl)c(F)c2Cl)c2cc(F)ccc2c1=O. The lowest BCUT2D eigenvalue weighted by Crippen LogP contribution is -2.22. The highest BCUT2D eigenvalue weighted by Gasteiger charge is 2.21. The molecule has 0 aliphatic heterocycles. The Labute approximate surface area is 207 Å². The molecule has 9 heteroatoms.